The molecule has 0 unspecified atom stereocenters. The number of rotatable bonds is 7. The van der Waals surface area contributed by atoms with Crippen molar-refractivity contribution < 1.29 is 23.1 Å². The number of piperidine rings is 1. The Morgan fingerprint density at radius 1 is 1.03 bits per heavy atom. The third kappa shape index (κ3) is 5.09. The van der Waals surface area contributed by atoms with Crippen LogP contribution in [0.3, 0.4) is 0 Å². The molecule has 32 heavy (non-hydrogen) atoms. The fourth-order valence-electron chi connectivity index (χ4n) is 4.11. The molecule has 1 saturated carbocycles. The van der Waals surface area contributed by atoms with Crippen molar-refractivity contribution in [3.63, 3.8) is 0 Å². The van der Waals surface area contributed by atoms with Crippen LogP contribution in [0.2, 0.25) is 0 Å². The number of pyridine rings is 1. The first-order chi connectivity index (χ1) is 15.4. The van der Waals surface area contributed by atoms with Crippen molar-refractivity contribution in [3.8, 4) is 5.75 Å². The van der Waals surface area contributed by atoms with E-state index in [4.69, 9.17) is 0 Å². The third-order valence-corrected chi connectivity index (χ3v) is 5.81. The van der Waals surface area contributed by atoms with Crippen molar-refractivity contribution in [3.05, 3.63) is 36.3 Å². The molecule has 0 aromatic carbocycles. The Morgan fingerprint density at radius 2 is 1.75 bits per heavy atom. The van der Waals surface area contributed by atoms with Crippen LogP contribution in [0.1, 0.15) is 43.6 Å². The molecule has 1 saturated heterocycles. The van der Waals surface area contributed by atoms with Gasteiger partial charge in [0.2, 0.25) is 17.8 Å². The van der Waals surface area contributed by atoms with Crippen LogP contribution in [0.15, 0.2) is 30.7 Å². The van der Waals surface area contributed by atoms with Gasteiger partial charge in [0.15, 0.2) is 5.75 Å². The van der Waals surface area contributed by atoms with E-state index in [0.29, 0.717) is 18.8 Å². The molecule has 9 nitrogen and oxygen atoms in total. The fraction of sp³-hybridized carbons (Fsp3) is 0.476. The molecule has 3 heterocycles. The van der Waals surface area contributed by atoms with Crippen LogP contribution in [0.4, 0.5) is 20.5 Å². The fourth-order valence-corrected chi connectivity index (χ4v) is 4.11. The van der Waals surface area contributed by atoms with Crippen molar-refractivity contribution in [2.45, 2.75) is 56.7 Å². The molecule has 170 valence electrons. The summed E-state index contributed by atoms with van der Waals surface area (Å²) in [5.74, 6) is 0.322. The number of anilines is 2. The number of carbonyl (C=O) groups excluding carboxylic acids is 2. The van der Waals surface area contributed by atoms with Gasteiger partial charge in [-0.15, -0.1) is 0 Å². The second kappa shape index (κ2) is 9.41. The standard InChI is InChI=1S/C21H24F2N6O3/c1-29-18(30)7-5-16(19(29)31)12-2-6-17(24-9-12)27-13-3-4-14(8-13)28-21-25-10-15(11-26-21)32-20(22)23/h2,6,9-11,13-14,16,20H,3-5,7-8H2,1H3,(H,24,27)(H,25,26,28)/t13-,14-,16+/m0/s1. The number of nitrogens with zero attached hydrogens (tertiary/aromatic N) is 4. The molecule has 2 aromatic heterocycles. The minimum Gasteiger partial charge on any atom is -0.432 e. The summed E-state index contributed by atoms with van der Waals surface area (Å²) in [6, 6.07) is 4.07. The number of hydrogen-bond donors (Lipinski definition) is 2. The SMILES string of the molecule is CN1C(=O)CC[C@H](c2ccc(N[C@H]3CC[C@H](Nc4ncc(OC(F)F)cn4)C3)nc2)C1=O. The Labute approximate surface area is 183 Å². The second-order valence-corrected chi connectivity index (χ2v) is 7.98. The van der Waals surface area contributed by atoms with Gasteiger partial charge in [-0.1, -0.05) is 6.07 Å². The van der Waals surface area contributed by atoms with Crippen LogP contribution < -0.4 is 15.4 Å². The van der Waals surface area contributed by atoms with Gasteiger partial charge in [0.1, 0.15) is 5.82 Å². The van der Waals surface area contributed by atoms with E-state index in [0.717, 1.165) is 30.6 Å². The van der Waals surface area contributed by atoms with Gasteiger partial charge in [0, 0.05) is 31.7 Å². The summed E-state index contributed by atoms with van der Waals surface area (Å²) in [7, 11) is 1.52. The maximum absolute atomic E-state index is 12.4. The van der Waals surface area contributed by atoms with Gasteiger partial charge in [-0.25, -0.2) is 15.0 Å². The lowest BCUT2D eigenvalue weighted by atomic mass is 9.91. The quantitative estimate of drug-likeness (QED) is 0.625. The van der Waals surface area contributed by atoms with Crippen LogP contribution in [0.5, 0.6) is 5.75 Å². The van der Waals surface area contributed by atoms with Crippen LogP contribution in [0.25, 0.3) is 0 Å². The first-order valence-electron chi connectivity index (χ1n) is 10.5. The lowest BCUT2D eigenvalue weighted by molar-refractivity contribution is -0.147. The highest BCUT2D eigenvalue weighted by atomic mass is 19.3. The van der Waals surface area contributed by atoms with E-state index in [-0.39, 0.29) is 35.6 Å². The van der Waals surface area contributed by atoms with Crippen molar-refractivity contribution in [2.24, 2.45) is 0 Å². The van der Waals surface area contributed by atoms with Gasteiger partial charge >= 0.3 is 6.61 Å². The zero-order valence-corrected chi connectivity index (χ0v) is 17.5. The lowest BCUT2D eigenvalue weighted by Gasteiger charge is -2.27. The Balaban J connectivity index is 1.28. The van der Waals surface area contributed by atoms with Crippen LogP contribution >= 0.6 is 0 Å². The van der Waals surface area contributed by atoms with E-state index in [1.165, 1.54) is 24.3 Å². The number of likely N-dealkylation sites (tertiary alicyclic amines) is 1. The molecular formula is C21H24F2N6O3. The number of aromatic nitrogens is 3. The summed E-state index contributed by atoms with van der Waals surface area (Å²) < 4.78 is 28.6. The van der Waals surface area contributed by atoms with Crippen LogP contribution in [-0.2, 0) is 9.59 Å². The number of alkyl halides is 2. The molecule has 1 aliphatic heterocycles. The molecule has 2 fully saturated rings. The van der Waals surface area contributed by atoms with Gasteiger partial charge in [-0.05, 0) is 37.3 Å². The molecule has 2 aromatic rings. The predicted molar refractivity (Wildman–Crippen MR) is 111 cm³/mol. The molecule has 0 radical (unpaired) electrons. The number of nitrogens with one attached hydrogen (secondary N) is 2. The van der Waals surface area contributed by atoms with Crippen molar-refractivity contribution >= 4 is 23.6 Å². The van der Waals surface area contributed by atoms with Gasteiger partial charge in [0.25, 0.3) is 0 Å². The molecular weight excluding hydrogens is 422 g/mol. The maximum Gasteiger partial charge on any atom is 0.387 e. The topological polar surface area (TPSA) is 109 Å². The van der Waals surface area contributed by atoms with Gasteiger partial charge in [-0.2, -0.15) is 8.78 Å². The smallest absolute Gasteiger partial charge is 0.387 e. The first-order valence-corrected chi connectivity index (χ1v) is 10.5. The maximum atomic E-state index is 12.4. The zero-order chi connectivity index (χ0) is 22.7. The highest BCUT2D eigenvalue weighted by molar-refractivity contribution is 6.00. The molecule has 11 heteroatoms. The van der Waals surface area contributed by atoms with Crippen molar-refractivity contribution in [1.29, 1.82) is 0 Å². The molecule has 3 atom stereocenters. The first kappa shape index (κ1) is 21.8. The van der Waals surface area contributed by atoms with E-state index in [1.807, 2.05) is 12.1 Å². The number of imide groups is 1. The molecule has 2 amide bonds. The lowest BCUT2D eigenvalue weighted by Crippen LogP contribution is -2.41. The zero-order valence-electron chi connectivity index (χ0n) is 17.5. The van der Waals surface area contributed by atoms with Crippen molar-refractivity contribution in [2.75, 3.05) is 17.7 Å². The third-order valence-electron chi connectivity index (χ3n) is 5.81. The largest absolute Gasteiger partial charge is 0.432 e. The normalized spacial score (nSPS) is 23.5. The van der Waals surface area contributed by atoms with Gasteiger partial charge < -0.3 is 15.4 Å². The second-order valence-electron chi connectivity index (χ2n) is 7.98. The summed E-state index contributed by atoms with van der Waals surface area (Å²) in [5, 5.41) is 6.61. The number of amides is 2. The van der Waals surface area contributed by atoms with Gasteiger partial charge in [0.05, 0.1) is 18.3 Å². The Morgan fingerprint density at radius 3 is 2.41 bits per heavy atom. The van der Waals surface area contributed by atoms with E-state index in [2.05, 4.69) is 30.3 Å². The summed E-state index contributed by atoms with van der Waals surface area (Å²) in [6.45, 7) is -2.91. The van der Waals surface area contributed by atoms with E-state index < -0.39 is 6.61 Å². The summed E-state index contributed by atoms with van der Waals surface area (Å²) >= 11 is 0. The Hall–Kier alpha value is -3.37. The van der Waals surface area contributed by atoms with Crippen molar-refractivity contribution in [1.82, 2.24) is 19.9 Å². The number of carbonyl (C=O) groups is 2. The average Bonchev–Trinajstić information content (AvgIpc) is 3.21. The minimum atomic E-state index is -2.91. The molecule has 0 bridgehead atoms. The molecule has 2 aliphatic rings. The summed E-state index contributed by atoms with van der Waals surface area (Å²) in [5.41, 5.74) is 0.808. The molecule has 0 spiro atoms. The highest BCUT2D eigenvalue weighted by Crippen LogP contribution is 2.29. The van der Waals surface area contributed by atoms with E-state index in [9.17, 15) is 18.4 Å². The molecule has 4 rings (SSSR count). The molecule has 1 aliphatic carbocycles. The number of likely N-dealkylation sites (N-methyl/N-ethyl adjacent to an activating group) is 1. The predicted octanol–water partition coefficient (Wildman–Crippen LogP) is 2.78. The monoisotopic (exact) mass is 446 g/mol. The highest BCUT2D eigenvalue weighted by Gasteiger charge is 2.33. The Bertz CT molecular complexity index is 957. The summed E-state index contributed by atoms with van der Waals surface area (Å²) in [4.78, 5) is 37.7. The molecule has 2 N–H and O–H groups in total. The van der Waals surface area contributed by atoms with E-state index >= 15 is 0 Å². The Kier molecular flexibility index (Phi) is 6.42. The van der Waals surface area contributed by atoms with E-state index in [1.54, 1.807) is 6.20 Å². The van der Waals surface area contributed by atoms with Crippen LogP contribution in [-0.4, -0.2) is 57.4 Å². The minimum absolute atomic E-state index is 0.0841. The number of ether oxygens (including phenoxy) is 1. The number of hydrogen-bond acceptors (Lipinski definition) is 8. The average molecular weight is 446 g/mol. The van der Waals surface area contributed by atoms with Gasteiger partial charge in [-0.3, -0.25) is 14.5 Å². The van der Waals surface area contributed by atoms with Crippen LogP contribution in [0, 0.1) is 0 Å². The summed E-state index contributed by atoms with van der Waals surface area (Å²) in [6.07, 6.45) is 7.60. The number of halogens is 2.